The van der Waals surface area contributed by atoms with Crippen molar-refractivity contribution >= 4 is 40.9 Å². The number of aromatic carboxylic acids is 1. The third-order valence-electron chi connectivity index (χ3n) is 6.28. The molecule has 3 aromatic rings. The van der Waals surface area contributed by atoms with E-state index in [1.54, 1.807) is 42.5 Å². The highest BCUT2D eigenvalue weighted by molar-refractivity contribution is 6.33. The molecule has 3 amide bonds. The van der Waals surface area contributed by atoms with E-state index in [0.717, 1.165) is 0 Å². The number of anilines is 2. The van der Waals surface area contributed by atoms with Crippen LogP contribution in [-0.2, 0) is 11.2 Å². The molecule has 0 spiro atoms. The lowest BCUT2D eigenvalue weighted by molar-refractivity contribution is -0.144. The van der Waals surface area contributed by atoms with Gasteiger partial charge in [0, 0.05) is 13.0 Å². The summed E-state index contributed by atoms with van der Waals surface area (Å²) < 4.78 is 26.7. The zero-order valence-electron chi connectivity index (χ0n) is 21.1. The van der Waals surface area contributed by atoms with E-state index in [2.05, 4.69) is 10.6 Å². The van der Waals surface area contributed by atoms with Gasteiger partial charge in [-0.15, -0.1) is 0 Å². The Labute approximate surface area is 229 Å². The topological polar surface area (TPSA) is 117 Å². The van der Waals surface area contributed by atoms with Crippen molar-refractivity contribution in [2.75, 3.05) is 30.9 Å². The number of benzene rings is 3. The molecule has 1 heterocycles. The summed E-state index contributed by atoms with van der Waals surface area (Å²) in [4.78, 5) is 37.7. The molecule has 1 atom stereocenters. The van der Waals surface area contributed by atoms with Crippen molar-refractivity contribution in [3.63, 3.8) is 0 Å². The quantitative estimate of drug-likeness (QED) is 0.296. The fourth-order valence-corrected chi connectivity index (χ4v) is 4.47. The molecule has 0 bridgehead atoms. The van der Waals surface area contributed by atoms with Crippen LogP contribution in [0, 0.1) is 0 Å². The van der Waals surface area contributed by atoms with Gasteiger partial charge in [0.1, 0.15) is 18.1 Å². The molecule has 0 aliphatic carbocycles. The van der Waals surface area contributed by atoms with Crippen molar-refractivity contribution in [3.05, 3.63) is 82.9 Å². The van der Waals surface area contributed by atoms with E-state index in [4.69, 9.17) is 26.2 Å². The minimum absolute atomic E-state index is 0.0819. The first-order valence-electron chi connectivity index (χ1n) is 12.1. The summed E-state index contributed by atoms with van der Waals surface area (Å²) in [5.74, 6) is -2.85. The number of hydrogen-bond acceptors (Lipinski definition) is 5. The first-order chi connectivity index (χ1) is 18.7. The van der Waals surface area contributed by atoms with Gasteiger partial charge in [-0.3, -0.25) is 4.79 Å². The van der Waals surface area contributed by atoms with Crippen LogP contribution in [0.4, 0.5) is 20.6 Å². The highest BCUT2D eigenvalue weighted by Crippen LogP contribution is 2.33. The van der Waals surface area contributed by atoms with Gasteiger partial charge in [0.2, 0.25) is 11.7 Å². The van der Waals surface area contributed by atoms with E-state index in [9.17, 15) is 14.4 Å². The van der Waals surface area contributed by atoms with Crippen LogP contribution in [0.5, 0.6) is 11.5 Å². The number of carbonyl (C=O) groups excluding carboxylic acids is 2. The number of rotatable bonds is 9. The third kappa shape index (κ3) is 6.77. The van der Waals surface area contributed by atoms with Crippen molar-refractivity contribution in [1.82, 2.24) is 4.90 Å². The van der Waals surface area contributed by atoms with Crippen molar-refractivity contribution < 1.29 is 33.4 Å². The van der Waals surface area contributed by atoms with Crippen molar-refractivity contribution in [3.8, 4) is 11.5 Å². The lowest BCUT2D eigenvalue weighted by Crippen LogP contribution is -2.48. The Morgan fingerprint density at radius 3 is 2.46 bits per heavy atom. The molecule has 1 saturated heterocycles. The average molecular weight is 556 g/mol. The number of hydrogen-bond donors (Lipinski definition) is 3. The molecule has 1 fully saturated rings. The number of carboxylic acid groups (broad SMARTS) is 1. The van der Waals surface area contributed by atoms with Crippen LogP contribution in [-0.4, -0.2) is 54.0 Å². The number of amides is 3. The van der Waals surface area contributed by atoms with E-state index in [1.807, 2.05) is 0 Å². The van der Waals surface area contributed by atoms with Crippen LogP contribution in [0.15, 0.2) is 66.7 Å². The van der Waals surface area contributed by atoms with Gasteiger partial charge < -0.3 is 30.1 Å². The summed E-state index contributed by atoms with van der Waals surface area (Å²) in [7, 11) is 1.44. The monoisotopic (exact) mass is 555 g/mol. The highest BCUT2D eigenvalue weighted by atomic mass is 35.5. The molecule has 0 saturated carbocycles. The number of nitrogens with one attached hydrogen (secondary N) is 2. The molecule has 204 valence electrons. The smallest absolute Gasteiger partial charge is 0.335 e. The number of urea groups is 1. The fraction of sp³-hybridized carbons (Fsp3) is 0.250. The van der Waals surface area contributed by atoms with E-state index in [1.165, 1.54) is 36.3 Å². The molecule has 4 rings (SSSR count). The van der Waals surface area contributed by atoms with E-state index < -0.39 is 23.7 Å². The Bertz CT molecular complexity index is 1370. The second-order valence-corrected chi connectivity index (χ2v) is 9.36. The molecule has 11 heteroatoms. The molecule has 9 nitrogen and oxygen atoms in total. The largest absolute Gasteiger partial charge is 0.495 e. The first kappa shape index (κ1) is 27.7. The van der Waals surface area contributed by atoms with Crippen LogP contribution in [0.1, 0.15) is 28.8 Å². The van der Waals surface area contributed by atoms with Gasteiger partial charge in [0.25, 0.3) is 0 Å². The number of ether oxygens (including phenoxy) is 2. The van der Waals surface area contributed by atoms with E-state index in [-0.39, 0.29) is 31.6 Å². The molecule has 39 heavy (non-hydrogen) atoms. The second kappa shape index (κ2) is 12.0. The number of halogens is 2. The number of carbonyl (C=O) groups is 3. The number of carboxylic acids is 1. The maximum absolute atomic E-state index is 15.8. The third-order valence-corrected chi connectivity index (χ3v) is 6.61. The predicted molar refractivity (Wildman–Crippen MR) is 144 cm³/mol. The van der Waals surface area contributed by atoms with Gasteiger partial charge in [0.15, 0.2) is 0 Å². The summed E-state index contributed by atoms with van der Waals surface area (Å²) in [6.07, 6.45) is 0.524. The van der Waals surface area contributed by atoms with Crippen LogP contribution in [0.25, 0.3) is 0 Å². The molecule has 3 N–H and O–H groups in total. The zero-order valence-corrected chi connectivity index (χ0v) is 21.8. The van der Waals surface area contributed by atoms with Crippen LogP contribution in [0.2, 0.25) is 5.02 Å². The van der Waals surface area contributed by atoms with Crippen LogP contribution >= 0.6 is 11.6 Å². The van der Waals surface area contributed by atoms with Gasteiger partial charge in [-0.2, -0.15) is 0 Å². The molecule has 3 aromatic carbocycles. The van der Waals surface area contributed by atoms with Crippen LogP contribution < -0.4 is 20.1 Å². The molecule has 0 radical (unpaired) electrons. The summed E-state index contributed by atoms with van der Waals surface area (Å²) in [5.41, 5.74) is 1.49. The number of alkyl halides is 1. The number of likely N-dealkylation sites (tertiary alicyclic amines) is 1. The molecule has 0 aromatic heterocycles. The SMILES string of the molecule is COc1cc(CC(=O)N2CCC[C@]2(F)COc2ccc(C(=O)O)cc2)ccc1NC(=O)Nc1ccccc1Cl. The van der Waals surface area contributed by atoms with E-state index in [0.29, 0.717) is 39.9 Å². The molecular formula is C28H27ClFN3O6. The normalized spacial score (nSPS) is 16.4. The number of methoxy groups -OCH3 is 1. The first-order valence-corrected chi connectivity index (χ1v) is 12.5. The Morgan fingerprint density at radius 1 is 1.05 bits per heavy atom. The second-order valence-electron chi connectivity index (χ2n) is 8.96. The van der Waals surface area contributed by atoms with Gasteiger partial charge in [-0.05, 0) is 60.5 Å². The standard InChI is InChI=1S/C28H27ClFN3O6/c1-38-24-15-18(7-12-23(24)32-27(37)31-22-6-3-2-5-21(22)29)16-25(34)33-14-4-13-28(33,30)17-39-20-10-8-19(9-11-20)26(35)36/h2-3,5-12,15H,4,13-14,16-17H2,1H3,(H,35,36)(H2,31,32,37)/t28-/m1/s1. The maximum Gasteiger partial charge on any atom is 0.335 e. The molecule has 1 aliphatic rings. The average Bonchev–Trinajstić information content (AvgIpc) is 3.31. The lowest BCUT2D eigenvalue weighted by Gasteiger charge is -2.31. The van der Waals surface area contributed by atoms with Gasteiger partial charge in [0.05, 0.1) is 35.5 Å². The molecule has 0 unspecified atom stereocenters. The summed E-state index contributed by atoms with van der Waals surface area (Å²) in [6, 6.07) is 16.8. The Kier molecular flexibility index (Phi) is 8.55. The van der Waals surface area contributed by atoms with Crippen LogP contribution in [0.3, 0.4) is 0 Å². The minimum Gasteiger partial charge on any atom is -0.495 e. The van der Waals surface area contributed by atoms with Crippen molar-refractivity contribution in [2.24, 2.45) is 0 Å². The fourth-order valence-electron chi connectivity index (χ4n) is 4.29. The zero-order chi connectivity index (χ0) is 28.0. The Balaban J connectivity index is 1.38. The summed E-state index contributed by atoms with van der Waals surface area (Å²) >= 11 is 6.08. The van der Waals surface area contributed by atoms with Gasteiger partial charge in [-0.25, -0.2) is 14.0 Å². The van der Waals surface area contributed by atoms with Crippen molar-refractivity contribution in [2.45, 2.75) is 25.1 Å². The minimum atomic E-state index is -2.00. The molecular weight excluding hydrogens is 529 g/mol. The Morgan fingerprint density at radius 2 is 1.77 bits per heavy atom. The van der Waals surface area contributed by atoms with Crippen molar-refractivity contribution in [1.29, 1.82) is 0 Å². The van der Waals surface area contributed by atoms with Gasteiger partial charge >= 0.3 is 12.0 Å². The van der Waals surface area contributed by atoms with Gasteiger partial charge in [-0.1, -0.05) is 29.8 Å². The highest BCUT2D eigenvalue weighted by Gasteiger charge is 2.44. The molecule has 1 aliphatic heterocycles. The Hall–Kier alpha value is -4.31. The number of nitrogens with zero attached hydrogens (tertiary/aromatic N) is 1. The predicted octanol–water partition coefficient (Wildman–Crippen LogP) is 5.60. The van der Waals surface area contributed by atoms with E-state index >= 15 is 4.39 Å². The lowest BCUT2D eigenvalue weighted by atomic mass is 10.1. The maximum atomic E-state index is 15.8. The summed E-state index contributed by atoms with van der Waals surface area (Å²) in [5, 5.41) is 14.7. The summed E-state index contributed by atoms with van der Waals surface area (Å²) in [6.45, 7) is -0.131. The number of para-hydroxylation sites is 1.